The fraction of sp³-hybridized carbons (Fsp3) is 0.348. The van der Waals surface area contributed by atoms with Gasteiger partial charge in [0.2, 0.25) is 0 Å². The van der Waals surface area contributed by atoms with E-state index in [9.17, 15) is 9.59 Å². The molecule has 0 spiro atoms. The van der Waals surface area contributed by atoms with Gasteiger partial charge in [-0.15, -0.1) is 0 Å². The predicted molar refractivity (Wildman–Crippen MR) is 108 cm³/mol. The molecule has 1 fully saturated rings. The molecule has 29 heavy (non-hydrogen) atoms. The number of hydrogen-bond donors (Lipinski definition) is 0. The summed E-state index contributed by atoms with van der Waals surface area (Å²) in [5, 5.41) is 0. The number of methoxy groups -OCH3 is 1. The lowest BCUT2D eigenvalue weighted by Crippen LogP contribution is -2.35. The molecule has 0 bridgehead atoms. The number of esters is 2. The van der Waals surface area contributed by atoms with Gasteiger partial charge in [-0.1, -0.05) is 24.6 Å². The second-order valence-electron chi connectivity index (χ2n) is 6.94. The van der Waals surface area contributed by atoms with Crippen molar-refractivity contribution in [2.75, 3.05) is 7.11 Å². The van der Waals surface area contributed by atoms with Crippen molar-refractivity contribution in [2.45, 2.75) is 38.4 Å². The summed E-state index contributed by atoms with van der Waals surface area (Å²) in [4.78, 5) is 28.1. The first kappa shape index (κ1) is 20.6. The van der Waals surface area contributed by atoms with Crippen LogP contribution in [0.1, 0.15) is 36.8 Å². The predicted octanol–water partition coefficient (Wildman–Crippen LogP) is 3.95. The van der Waals surface area contributed by atoms with Gasteiger partial charge in [0.1, 0.15) is 18.5 Å². The fourth-order valence-electron chi connectivity index (χ4n) is 3.34. The summed E-state index contributed by atoms with van der Waals surface area (Å²) in [7, 11) is 1.36. The maximum atomic E-state index is 12.2. The number of aromatic nitrogens is 1. The molecule has 0 aliphatic heterocycles. The topological polar surface area (TPSA) is 74.7 Å². The van der Waals surface area contributed by atoms with E-state index in [0.717, 1.165) is 29.7 Å². The van der Waals surface area contributed by atoms with E-state index < -0.39 is 12.1 Å². The first-order valence-electron chi connectivity index (χ1n) is 9.74. The Morgan fingerprint density at radius 3 is 2.66 bits per heavy atom. The van der Waals surface area contributed by atoms with E-state index in [4.69, 9.17) is 14.2 Å². The van der Waals surface area contributed by atoms with E-state index in [1.54, 1.807) is 18.5 Å². The SMILES string of the molecule is COC(=O)C1CCCCC1OC(=O)/C=C/c1ccc(OCc2cccnc2)cc1. The van der Waals surface area contributed by atoms with E-state index in [0.29, 0.717) is 19.4 Å². The van der Waals surface area contributed by atoms with E-state index in [1.165, 1.54) is 13.2 Å². The molecule has 0 amide bonds. The molecule has 6 nitrogen and oxygen atoms in total. The zero-order valence-electron chi connectivity index (χ0n) is 16.5. The second-order valence-corrected chi connectivity index (χ2v) is 6.94. The average Bonchev–Trinajstić information content (AvgIpc) is 2.77. The molecule has 0 radical (unpaired) electrons. The van der Waals surface area contributed by atoms with Crippen molar-refractivity contribution < 1.29 is 23.8 Å². The van der Waals surface area contributed by atoms with Crippen molar-refractivity contribution >= 4 is 18.0 Å². The van der Waals surface area contributed by atoms with Crippen LogP contribution in [0.15, 0.2) is 54.9 Å². The Morgan fingerprint density at radius 2 is 1.93 bits per heavy atom. The summed E-state index contributed by atoms with van der Waals surface area (Å²) >= 11 is 0. The molecule has 1 aliphatic rings. The Labute approximate surface area is 170 Å². The molecular formula is C23H25NO5. The minimum atomic E-state index is -0.456. The van der Waals surface area contributed by atoms with Gasteiger partial charge < -0.3 is 14.2 Å². The van der Waals surface area contributed by atoms with Crippen LogP contribution < -0.4 is 4.74 Å². The Bertz CT molecular complexity index is 832. The highest BCUT2D eigenvalue weighted by molar-refractivity contribution is 5.87. The lowest BCUT2D eigenvalue weighted by Gasteiger charge is -2.28. The minimum absolute atomic E-state index is 0.312. The van der Waals surface area contributed by atoms with Crippen LogP contribution in [0.5, 0.6) is 5.75 Å². The summed E-state index contributed by atoms with van der Waals surface area (Å²) < 4.78 is 16.0. The first-order chi connectivity index (χ1) is 14.2. The molecule has 152 valence electrons. The minimum Gasteiger partial charge on any atom is -0.489 e. The first-order valence-corrected chi connectivity index (χ1v) is 9.74. The molecular weight excluding hydrogens is 370 g/mol. The van der Waals surface area contributed by atoms with Crippen LogP contribution in [-0.4, -0.2) is 30.1 Å². The molecule has 0 N–H and O–H groups in total. The highest BCUT2D eigenvalue weighted by atomic mass is 16.6. The van der Waals surface area contributed by atoms with Gasteiger partial charge in [-0.2, -0.15) is 0 Å². The number of nitrogens with zero attached hydrogens (tertiary/aromatic N) is 1. The highest BCUT2D eigenvalue weighted by Crippen LogP contribution is 2.28. The van der Waals surface area contributed by atoms with Gasteiger partial charge in [-0.3, -0.25) is 9.78 Å². The Morgan fingerprint density at radius 1 is 1.14 bits per heavy atom. The molecule has 1 aromatic heterocycles. The van der Waals surface area contributed by atoms with Crippen LogP contribution in [0.4, 0.5) is 0 Å². The van der Waals surface area contributed by atoms with Gasteiger partial charge in [0.25, 0.3) is 0 Å². The number of carbonyl (C=O) groups is 2. The summed E-state index contributed by atoms with van der Waals surface area (Å²) in [6, 6.07) is 11.2. The number of rotatable bonds is 7. The molecule has 1 saturated carbocycles. The van der Waals surface area contributed by atoms with E-state index in [1.807, 2.05) is 36.4 Å². The lowest BCUT2D eigenvalue weighted by atomic mass is 9.86. The van der Waals surface area contributed by atoms with Crippen LogP contribution in [0.2, 0.25) is 0 Å². The van der Waals surface area contributed by atoms with Gasteiger partial charge in [0.05, 0.1) is 13.0 Å². The Hall–Kier alpha value is -3.15. The van der Waals surface area contributed by atoms with Crippen molar-refractivity contribution in [3.63, 3.8) is 0 Å². The quantitative estimate of drug-likeness (QED) is 0.522. The number of ether oxygens (including phenoxy) is 3. The van der Waals surface area contributed by atoms with Gasteiger partial charge in [-0.05, 0) is 49.1 Å². The third-order valence-electron chi connectivity index (χ3n) is 4.89. The Kier molecular flexibility index (Phi) is 7.39. The normalized spacial score (nSPS) is 18.9. The lowest BCUT2D eigenvalue weighted by molar-refractivity contribution is -0.159. The van der Waals surface area contributed by atoms with Crippen molar-refractivity contribution in [1.82, 2.24) is 4.98 Å². The summed E-state index contributed by atoms with van der Waals surface area (Å²) in [6.07, 6.45) is 9.39. The Balaban J connectivity index is 1.51. The van der Waals surface area contributed by atoms with Gasteiger partial charge in [0, 0.05) is 24.0 Å². The van der Waals surface area contributed by atoms with Crippen LogP contribution in [0, 0.1) is 5.92 Å². The highest BCUT2D eigenvalue weighted by Gasteiger charge is 2.34. The number of carbonyl (C=O) groups excluding carboxylic acids is 2. The summed E-state index contributed by atoms with van der Waals surface area (Å²) in [5.74, 6) is -0.407. The largest absolute Gasteiger partial charge is 0.489 e. The average molecular weight is 395 g/mol. The molecule has 3 rings (SSSR count). The molecule has 1 heterocycles. The molecule has 2 unspecified atom stereocenters. The monoisotopic (exact) mass is 395 g/mol. The smallest absolute Gasteiger partial charge is 0.331 e. The maximum absolute atomic E-state index is 12.2. The molecule has 1 aromatic carbocycles. The van der Waals surface area contributed by atoms with E-state index in [2.05, 4.69) is 4.98 Å². The summed E-state index contributed by atoms with van der Waals surface area (Å²) in [5.41, 5.74) is 1.84. The number of pyridine rings is 1. The van der Waals surface area contributed by atoms with Crippen molar-refractivity contribution in [1.29, 1.82) is 0 Å². The number of hydrogen-bond acceptors (Lipinski definition) is 6. The summed E-state index contributed by atoms with van der Waals surface area (Å²) in [6.45, 7) is 0.443. The fourth-order valence-corrected chi connectivity index (χ4v) is 3.34. The zero-order chi connectivity index (χ0) is 20.5. The molecule has 2 atom stereocenters. The second kappa shape index (κ2) is 10.4. The van der Waals surface area contributed by atoms with Crippen molar-refractivity contribution in [3.8, 4) is 5.75 Å². The molecule has 0 saturated heterocycles. The standard InChI is InChI=1S/C23H25NO5/c1-27-23(26)20-6-2-3-7-21(20)29-22(25)13-10-17-8-11-19(12-9-17)28-16-18-5-4-14-24-15-18/h4-5,8-15,20-21H,2-3,6-7,16H2,1H3/b13-10+. The van der Waals surface area contributed by atoms with Crippen LogP contribution in [0.25, 0.3) is 6.08 Å². The molecule has 1 aliphatic carbocycles. The van der Waals surface area contributed by atoms with E-state index >= 15 is 0 Å². The molecule has 6 heteroatoms. The zero-order valence-corrected chi connectivity index (χ0v) is 16.5. The van der Waals surface area contributed by atoms with Crippen LogP contribution in [0.3, 0.4) is 0 Å². The third-order valence-corrected chi connectivity index (χ3v) is 4.89. The van der Waals surface area contributed by atoms with Gasteiger partial charge >= 0.3 is 11.9 Å². The van der Waals surface area contributed by atoms with Gasteiger partial charge in [0.15, 0.2) is 0 Å². The van der Waals surface area contributed by atoms with Crippen molar-refractivity contribution in [3.05, 3.63) is 66.0 Å². The van der Waals surface area contributed by atoms with Crippen LogP contribution >= 0.6 is 0 Å². The maximum Gasteiger partial charge on any atom is 0.331 e. The van der Waals surface area contributed by atoms with E-state index in [-0.39, 0.29) is 11.9 Å². The molecule has 2 aromatic rings. The number of benzene rings is 1. The van der Waals surface area contributed by atoms with Crippen LogP contribution in [-0.2, 0) is 25.7 Å². The van der Waals surface area contributed by atoms with Crippen molar-refractivity contribution in [2.24, 2.45) is 5.92 Å². The van der Waals surface area contributed by atoms with Gasteiger partial charge in [-0.25, -0.2) is 4.79 Å². The third kappa shape index (κ3) is 6.17.